The van der Waals surface area contributed by atoms with Gasteiger partial charge >= 0.3 is 0 Å². The molecule has 0 aliphatic carbocycles. The molecule has 1 unspecified atom stereocenters. The summed E-state index contributed by atoms with van der Waals surface area (Å²) < 4.78 is 13.8. The maximum Gasteiger partial charge on any atom is 0.166 e. The van der Waals surface area contributed by atoms with Gasteiger partial charge in [0.1, 0.15) is 0 Å². The summed E-state index contributed by atoms with van der Waals surface area (Å²) in [4.78, 5) is 3.88. The predicted octanol–water partition coefficient (Wildman–Crippen LogP) is 2.97. The third-order valence-corrected chi connectivity index (χ3v) is 1.96. The Morgan fingerprint density at radius 3 is 3.00 bits per heavy atom. The normalized spacial score (nSPS) is 12.2. The second kappa shape index (κ2) is 4.37. The van der Waals surface area contributed by atoms with Gasteiger partial charge in [-0.1, -0.05) is 6.08 Å². The van der Waals surface area contributed by atoms with E-state index in [4.69, 9.17) is 0 Å². The average molecular weight is 245 g/mol. The van der Waals surface area contributed by atoms with Crippen LogP contribution in [0, 0.1) is 5.82 Å². The average Bonchev–Trinajstić information content (AvgIpc) is 2.09. The van der Waals surface area contributed by atoms with Crippen LogP contribution in [0.5, 0.6) is 0 Å². The zero-order chi connectivity index (χ0) is 9.84. The van der Waals surface area contributed by atoms with E-state index < -0.39 is 0 Å². The number of rotatable bonds is 3. The molecule has 70 valence electrons. The van der Waals surface area contributed by atoms with Crippen molar-refractivity contribution in [2.75, 3.05) is 5.32 Å². The van der Waals surface area contributed by atoms with Gasteiger partial charge in [-0.05, 0) is 28.9 Å². The second-order valence-electron chi connectivity index (χ2n) is 2.65. The summed E-state index contributed by atoms with van der Waals surface area (Å²) in [5.74, 6) is -0.126. The summed E-state index contributed by atoms with van der Waals surface area (Å²) in [7, 11) is 0. The van der Waals surface area contributed by atoms with E-state index in [1.165, 1.54) is 6.07 Å². The van der Waals surface area contributed by atoms with Crippen LogP contribution < -0.4 is 5.32 Å². The van der Waals surface area contributed by atoms with Crippen LogP contribution in [0.1, 0.15) is 6.92 Å². The molecule has 0 radical (unpaired) electrons. The SMILES string of the molecule is C=CC(C)Nc1ncc(Br)cc1F. The van der Waals surface area contributed by atoms with Crippen LogP contribution in [-0.4, -0.2) is 11.0 Å². The Morgan fingerprint density at radius 1 is 1.77 bits per heavy atom. The van der Waals surface area contributed by atoms with Gasteiger partial charge in [-0.25, -0.2) is 9.37 Å². The van der Waals surface area contributed by atoms with Gasteiger partial charge in [0, 0.05) is 16.7 Å². The highest BCUT2D eigenvalue weighted by atomic mass is 79.9. The molecule has 1 aromatic heterocycles. The number of hydrogen-bond acceptors (Lipinski definition) is 2. The van der Waals surface area contributed by atoms with E-state index in [9.17, 15) is 4.39 Å². The molecule has 1 aromatic rings. The van der Waals surface area contributed by atoms with E-state index in [0.29, 0.717) is 4.47 Å². The third kappa shape index (κ3) is 2.81. The van der Waals surface area contributed by atoms with E-state index >= 15 is 0 Å². The third-order valence-electron chi connectivity index (χ3n) is 1.53. The minimum absolute atomic E-state index is 0.00294. The molecule has 0 saturated heterocycles. The van der Waals surface area contributed by atoms with Gasteiger partial charge in [0.15, 0.2) is 11.6 Å². The van der Waals surface area contributed by atoms with Crippen LogP contribution in [-0.2, 0) is 0 Å². The summed E-state index contributed by atoms with van der Waals surface area (Å²) >= 11 is 3.13. The molecule has 1 heterocycles. The van der Waals surface area contributed by atoms with Crippen LogP contribution in [0.2, 0.25) is 0 Å². The Balaban J connectivity index is 2.83. The van der Waals surface area contributed by atoms with Crippen LogP contribution in [0.25, 0.3) is 0 Å². The van der Waals surface area contributed by atoms with Gasteiger partial charge < -0.3 is 5.32 Å². The largest absolute Gasteiger partial charge is 0.362 e. The molecule has 0 bridgehead atoms. The van der Waals surface area contributed by atoms with E-state index in [-0.39, 0.29) is 17.7 Å². The topological polar surface area (TPSA) is 24.9 Å². The minimum atomic E-state index is -0.372. The number of aromatic nitrogens is 1. The van der Waals surface area contributed by atoms with Crippen LogP contribution in [0.3, 0.4) is 0 Å². The highest BCUT2D eigenvalue weighted by Crippen LogP contribution is 2.16. The van der Waals surface area contributed by atoms with Crippen molar-refractivity contribution in [3.8, 4) is 0 Å². The number of pyridine rings is 1. The summed E-state index contributed by atoms with van der Waals surface area (Å²) in [6, 6.07) is 1.37. The maximum absolute atomic E-state index is 13.2. The van der Waals surface area contributed by atoms with Crippen molar-refractivity contribution in [1.82, 2.24) is 4.98 Å². The number of anilines is 1. The van der Waals surface area contributed by atoms with Crippen molar-refractivity contribution in [2.45, 2.75) is 13.0 Å². The summed E-state index contributed by atoms with van der Waals surface area (Å²) in [6.07, 6.45) is 3.23. The number of nitrogens with zero attached hydrogens (tertiary/aromatic N) is 1. The molecule has 0 aromatic carbocycles. The van der Waals surface area contributed by atoms with Gasteiger partial charge in [-0.15, -0.1) is 6.58 Å². The Morgan fingerprint density at radius 2 is 2.46 bits per heavy atom. The maximum atomic E-state index is 13.2. The summed E-state index contributed by atoms with van der Waals surface area (Å²) in [5, 5.41) is 2.86. The van der Waals surface area contributed by atoms with E-state index in [1.54, 1.807) is 12.3 Å². The van der Waals surface area contributed by atoms with Crippen molar-refractivity contribution in [2.24, 2.45) is 0 Å². The zero-order valence-electron chi connectivity index (χ0n) is 7.22. The lowest BCUT2D eigenvalue weighted by atomic mass is 10.3. The first-order chi connectivity index (χ1) is 6.13. The Hall–Kier alpha value is -0.900. The standard InChI is InChI=1S/C9H10BrFN2/c1-3-6(2)13-9-8(11)4-7(10)5-12-9/h3-6H,1H2,2H3,(H,12,13). The van der Waals surface area contributed by atoms with Crippen LogP contribution >= 0.6 is 15.9 Å². The Kier molecular flexibility index (Phi) is 3.42. The van der Waals surface area contributed by atoms with Crippen LogP contribution in [0.4, 0.5) is 10.2 Å². The monoisotopic (exact) mass is 244 g/mol. The minimum Gasteiger partial charge on any atom is -0.362 e. The van der Waals surface area contributed by atoms with E-state index in [2.05, 4.69) is 32.8 Å². The molecule has 2 nitrogen and oxygen atoms in total. The lowest BCUT2D eigenvalue weighted by molar-refractivity contribution is 0.622. The van der Waals surface area contributed by atoms with Crippen molar-refractivity contribution in [1.29, 1.82) is 0 Å². The fourth-order valence-corrected chi connectivity index (χ4v) is 1.10. The molecule has 13 heavy (non-hydrogen) atoms. The van der Waals surface area contributed by atoms with Crippen molar-refractivity contribution in [3.05, 3.63) is 35.2 Å². The number of nitrogens with one attached hydrogen (secondary N) is 1. The summed E-state index contributed by atoms with van der Waals surface area (Å²) in [6.45, 7) is 5.45. The summed E-state index contributed by atoms with van der Waals surface area (Å²) in [5.41, 5.74) is 0. The van der Waals surface area contributed by atoms with Crippen molar-refractivity contribution in [3.63, 3.8) is 0 Å². The van der Waals surface area contributed by atoms with Crippen molar-refractivity contribution < 1.29 is 4.39 Å². The molecule has 0 aliphatic heterocycles. The fraction of sp³-hybridized carbons (Fsp3) is 0.222. The molecule has 1 N–H and O–H groups in total. The molecule has 1 rings (SSSR count). The first kappa shape index (κ1) is 10.2. The van der Waals surface area contributed by atoms with Crippen LogP contribution in [0.15, 0.2) is 29.4 Å². The van der Waals surface area contributed by atoms with E-state index in [0.717, 1.165) is 0 Å². The number of halogens is 2. The molecule has 0 amide bonds. The fourth-order valence-electron chi connectivity index (χ4n) is 0.795. The molecular formula is C9H10BrFN2. The molecule has 0 aliphatic rings. The van der Waals surface area contributed by atoms with Gasteiger partial charge in [0.2, 0.25) is 0 Å². The Labute approximate surface area is 85.0 Å². The van der Waals surface area contributed by atoms with Crippen molar-refractivity contribution >= 4 is 21.7 Å². The molecule has 1 atom stereocenters. The smallest absolute Gasteiger partial charge is 0.166 e. The molecule has 0 fully saturated rings. The lowest BCUT2D eigenvalue weighted by Crippen LogP contribution is -2.13. The highest BCUT2D eigenvalue weighted by Gasteiger charge is 2.05. The molecule has 4 heteroatoms. The Bertz CT molecular complexity index is 314. The molecule has 0 saturated carbocycles. The van der Waals surface area contributed by atoms with E-state index in [1.807, 2.05) is 6.92 Å². The highest BCUT2D eigenvalue weighted by molar-refractivity contribution is 9.10. The van der Waals surface area contributed by atoms with Gasteiger partial charge in [-0.2, -0.15) is 0 Å². The quantitative estimate of drug-likeness (QED) is 0.828. The zero-order valence-corrected chi connectivity index (χ0v) is 8.81. The predicted molar refractivity (Wildman–Crippen MR) is 55.2 cm³/mol. The van der Waals surface area contributed by atoms with Gasteiger partial charge in [0.25, 0.3) is 0 Å². The van der Waals surface area contributed by atoms with Gasteiger partial charge in [0.05, 0.1) is 0 Å². The van der Waals surface area contributed by atoms with Gasteiger partial charge in [-0.3, -0.25) is 0 Å². The lowest BCUT2D eigenvalue weighted by Gasteiger charge is -2.10. The molecule has 0 spiro atoms. The number of hydrogen-bond donors (Lipinski definition) is 1. The molecular weight excluding hydrogens is 235 g/mol. The first-order valence-corrected chi connectivity index (χ1v) is 4.63. The second-order valence-corrected chi connectivity index (χ2v) is 3.57. The first-order valence-electron chi connectivity index (χ1n) is 3.83.